The lowest BCUT2D eigenvalue weighted by molar-refractivity contribution is 0.218. The molecule has 0 unspecified atom stereocenters. The Morgan fingerprint density at radius 2 is 1.88 bits per heavy atom. The molecule has 24 heavy (non-hydrogen) atoms. The number of aromatic nitrogens is 3. The maximum absolute atomic E-state index is 4.61. The van der Waals surface area contributed by atoms with E-state index in [0.29, 0.717) is 0 Å². The lowest BCUT2D eigenvalue weighted by Gasteiger charge is -2.25. The summed E-state index contributed by atoms with van der Waals surface area (Å²) in [5.74, 6) is 0. The van der Waals surface area contributed by atoms with E-state index < -0.39 is 0 Å². The Balaban J connectivity index is 1.45. The minimum Gasteiger partial charge on any atom is -0.298 e. The highest BCUT2D eigenvalue weighted by Gasteiger charge is 2.10. The van der Waals surface area contributed by atoms with Gasteiger partial charge in [-0.3, -0.25) is 15.0 Å². The summed E-state index contributed by atoms with van der Waals surface area (Å²) in [4.78, 5) is 7.11. The van der Waals surface area contributed by atoms with E-state index in [-0.39, 0.29) is 0 Å². The molecule has 0 aliphatic carbocycles. The predicted molar refractivity (Wildman–Crippen MR) is 98.4 cm³/mol. The molecule has 1 fully saturated rings. The van der Waals surface area contributed by atoms with Crippen molar-refractivity contribution in [2.45, 2.75) is 25.8 Å². The van der Waals surface area contributed by atoms with Crippen LogP contribution in [0.1, 0.15) is 36.2 Å². The van der Waals surface area contributed by atoms with Crippen molar-refractivity contribution in [2.24, 2.45) is 0 Å². The number of pyridine rings is 1. The fourth-order valence-corrected chi connectivity index (χ4v) is 3.26. The molecule has 3 heterocycles. The van der Waals surface area contributed by atoms with E-state index in [9.17, 15) is 0 Å². The number of para-hydroxylation sites is 1. The summed E-state index contributed by atoms with van der Waals surface area (Å²) in [5, 5.41) is 8.57. The molecule has 3 aromatic rings. The van der Waals surface area contributed by atoms with Crippen molar-refractivity contribution in [2.75, 3.05) is 13.1 Å². The molecule has 0 bridgehead atoms. The molecule has 2 aromatic heterocycles. The number of aromatic amines is 1. The van der Waals surface area contributed by atoms with Crippen LogP contribution in [-0.4, -0.2) is 33.2 Å². The van der Waals surface area contributed by atoms with E-state index in [0.717, 1.165) is 34.4 Å². The van der Waals surface area contributed by atoms with Gasteiger partial charge in [-0.15, -0.1) is 0 Å². The smallest absolute Gasteiger partial charge is 0.0927 e. The van der Waals surface area contributed by atoms with Gasteiger partial charge in [-0.2, -0.15) is 5.10 Å². The van der Waals surface area contributed by atoms with Gasteiger partial charge >= 0.3 is 0 Å². The molecule has 1 N–H and O–H groups in total. The number of nitrogens with zero attached hydrogens (tertiary/aromatic N) is 3. The first kappa shape index (κ1) is 15.1. The van der Waals surface area contributed by atoms with Crippen molar-refractivity contribution in [1.82, 2.24) is 20.1 Å². The third-order valence-electron chi connectivity index (χ3n) is 4.62. The molecule has 1 aromatic carbocycles. The second-order valence-electron chi connectivity index (χ2n) is 6.41. The summed E-state index contributed by atoms with van der Waals surface area (Å²) >= 11 is 0. The lowest BCUT2D eigenvalue weighted by atomic mass is 10.1. The molecule has 4 rings (SSSR count). The Hall–Kier alpha value is -2.46. The van der Waals surface area contributed by atoms with Crippen molar-refractivity contribution in [3.63, 3.8) is 0 Å². The summed E-state index contributed by atoms with van der Waals surface area (Å²) < 4.78 is 0. The van der Waals surface area contributed by atoms with E-state index >= 15 is 0 Å². The van der Waals surface area contributed by atoms with Crippen molar-refractivity contribution in [3.05, 3.63) is 59.5 Å². The number of fused-ring (bicyclic) bond motifs is 1. The second-order valence-corrected chi connectivity index (χ2v) is 6.41. The first-order valence-corrected chi connectivity index (χ1v) is 8.67. The first-order chi connectivity index (χ1) is 11.9. The monoisotopic (exact) mass is 318 g/mol. The zero-order valence-corrected chi connectivity index (χ0v) is 13.8. The van der Waals surface area contributed by atoms with Gasteiger partial charge in [0.1, 0.15) is 0 Å². The SMILES string of the molecule is C(=C\c1n[nH]c2ccccc12)/c1ccc(CN2CCCCC2)nc1. The van der Waals surface area contributed by atoms with E-state index in [4.69, 9.17) is 0 Å². The number of piperidine rings is 1. The van der Waals surface area contributed by atoms with Crippen LogP contribution in [0.4, 0.5) is 0 Å². The van der Waals surface area contributed by atoms with Crippen molar-refractivity contribution in [3.8, 4) is 0 Å². The quantitative estimate of drug-likeness (QED) is 0.787. The molecular formula is C20H22N4. The Morgan fingerprint density at radius 3 is 2.71 bits per heavy atom. The van der Waals surface area contributed by atoms with Gasteiger partial charge in [0, 0.05) is 18.1 Å². The summed E-state index contributed by atoms with van der Waals surface area (Å²) in [6.07, 6.45) is 10.1. The van der Waals surface area contributed by atoms with Gasteiger partial charge < -0.3 is 0 Å². The average Bonchev–Trinajstić information content (AvgIpc) is 3.05. The molecule has 1 saturated heterocycles. The van der Waals surface area contributed by atoms with Gasteiger partial charge in [0.05, 0.1) is 16.9 Å². The van der Waals surface area contributed by atoms with Gasteiger partial charge in [0.25, 0.3) is 0 Å². The number of hydrogen-bond donors (Lipinski definition) is 1. The number of nitrogens with one attached hydrogen (secondary N) is 1. The average molecular weight is 318 g/mol. The highest BCUT2D eigenvalue weighted by atomic mass is 15.1. The standard InChI is InChI=1S/C20H22N4/c1-4-12-24(13-5-1)15-17-10-8-16(14-21-17)9-11-20-18-6-2-3-7-19(18)22-23-20/h2-3,6-11,14H,1,4-5,12-13,15H2,(H,22,23)/b11-9+. The highest BCUT2D eigenvalue weighted by molar-refractivity contribution is 5.89. The molecule has 4 nitrogen and oxygen atoms in total. The van der Waals surface area contributed by atoms with Crippen LogP contribution in [-0.2, 0) is 6.54 Å². The maximum atomic E-state index is 4.61. The maximum Gasteiger partial charge on any atom is 0.0927 e. The Bertz CT molecular complexity index is 826. The zero-order chi connectivity index (χ0) is 16.2. The van der Waals surface area contributed by atoms with Crippen molar-refractivity contribution < 1.29 is 0 Å². The van der Waals surface area contributed by atoms with Crippen LogP contribution in [0.5, 0.6) is 0 Å². The fraction of sp³-hybridized carbons (Fsp3) is 0.300. The lowest BCUT2D eigenvalue weighted by Crippen LogP contribution is -2.29. The van der Waals surface area contributed by atoms with Crippen molar-refractivity contribution in [1.29, 1.82) is 0 Å². The van der Waals surface area contributed by atoms with Gasteiger partial charge in [0.2, 0.25) is 0 Å². The van der Waals surface area contributed by atoms with Crippen LogP contribution in [0.3, 0.4) is 0 Å². The van der Waals surface area contributed by atoms with E-state index in [1.54, 1.807) is 0 Å². The summed E-state index contributed by atoms with van der Waals surface area (Å²) in [6.45, 7) is 3.37. The molecule has 4 heteroatoms. The van der Waals surface area contributed by atoms with Crippen LogP contribution in [0.15, 0.2) is 42.6 Å². The van der Waals surface area contributed by atoms with Crippen molar-refractivity contribution >= 4 is 23.1 Å². The molecule has 0 radical (unpaired) electrons. The minimum atomic E-state index is 0.961. The predicted octanol–water partition coefficient (Wildman–Crippen LogP) is 4.11. The minimum absolute atomic E-state index is 0.961. The summed E-state index contributed by atoms with van der Waals surface area (Å²) in [7, 11) is 0. The van der Waals surface area contributed by atoms with Crippen LogP contribution in [0.2, 0.25) is 0 Å². The molecule has 0 spiro atoms. The highest BCUT2D eigenvalue weighted by Crippen LogP contribution is 2.18. The Kier molecular flexibility index (Phi) is 4.38. The van der Waals surface area contributed by atoms with Crippen LogP contribution >= 0.6 is 0 Å². The van der Waals surface area contributed by atoms with Gasteiger partial charge in [-0.05, 0) is 49.7 Å². The zero-order valence-electron chi connectivity index (χ0n) is 13.8. The van der Waals surface area contributed by atoms with E-state index in [2.05, 4.69) is 44.4 Å². The van der Waals surface area contributed by atoms with Gasteiger partial charge in [-0.1, -0.05) is 36.8 Å². The fourth-order valence-electron chi connectivity index (χ4n) is 3.26. The normalized spacial score (nSPS) is 16.2. The van der Waals surface area contributed by atoms with E-state index in [1.807, 2.05) is 30.5 Å². The third kappa shape index (κ3) is 3.39. The third-order valence-corrected chi connectivity index (χ3v) is 4.62. The number of hydrogen-bond acceptors (Lipinski definition) is 3. The molecule has 122 valence electrons. The Morgan fingerprint density at radius 1 is 1.00 bits per heavy atom. The Labute approximate surface area is 142 Å². The first-order valence-electron chi connectivity index (χ1n) is 8.67. The summed E-state index contributed by atoms with van der Waals surface area (Å²) in [6, 6.07) is 12.4. The van der Waals surface area contributed by atoms with Crippen LogP contribution in [0, 0.1) is 0 Å². The second kappa shape index (κ2) is 6.97. The molecule has 1 aliphatic heterocycles. The molecule has 0 amide bonds. The largest absolute Gasteiger partial charge is 0.298 e. The van der Waals surface area contributed by atoms with Crippen LogP contribution < -0.4 is 0 Å². The number of benzene rings is 1. The van der Waals surface area contributed by atoms with E-state index in [1.165, 1.54) is 32.4 Å². The van der Waals surface area contributed by atoms with Crippen LogP contribution in [0.25, 0.3) is 23.1 Å². The molecule has 1 aliphatic rings. The molecule has 0 atom stereocenters. The number of rotatable bonds is 4. The summed E-state index contributed by atoms with van der Waals surface area (Å²) in [5.41, 5.74) is 4.28. The topological polar surface area (TPSA) is 44.8 Å². The van der Waals surface area contributed by atoms with Gasteiger partial charge in [0.15, 0.2) is 0 Å². The van der Waals surface area contributed by atoms with Gasteiger partial charge in [-0.25, -0.2) is 0 Å². The molecule has 0 saturated carbocycles. The number of likely N-dealkylation sites (tertiary alicyclic amines) is 1. The molecular weight excluding hydrogens is 296 g/mol. The number of H-pyrrole nitrogens is 1.